The lowest BCUT2D eigenvalue weighted by atomic mass is 10.2. The Kier molecular flexibility index (Phi) is 2.55. The third-order valence-corrected chi connectivity index (χ3v) is 1.87. The lowest BCUT2D eigenvalue weighted by Gasteiger charge is -2.03. The largest absolute Gasteiger partial charge is 0.354 e. The molecule has 0 radical (unpaired) electrons. The molecule has 0 aliphatic rings. The zero-order valence-electron chi connectivity index (χ0n) is 6.34. The summed E-state index contributed by atoms with van der Waals surface area (Å²) in [4.78, 5) is 0.570. The fourth-order valence-corrected chi connectivity index (χ4v) is 1.33. The van der Waals surface area contributed by atoms with Gasteiger partial charge in [-0.05, 0) is 18.6 Å². The molecule has 1 atom stereocenters. The average molecular weight is 202 g/mol. The highest BCUT2D eigenvalue weighted by Crippen LogP contribution is 2.08. The van der Waals surface area contributed by atoms with E-state index in [1.165, 1.54) is 5.69 Å². The fraction of sp³-hybridized carbons (Fsp3) is 0.500. The molecular formula is C8H12BrN. The van der Waals surface area contributed by atoms with Crippen molar-refractivity contribution in [2.75, 3.05) is 0 Å². The van der Waals surface area contributed by atoms with Crippen molar-refractivity contribution in [3.05, 3.63) is 24.0 Å². The summed E-state index contributed by atoms with van der Waals surface area (Å²) < 4.78 is 2.15. The highest BCUT2D eigenvalue weighted by Gasteiger charge is 2.00. The second-order valence-electron chi connectivity index (χ2n) is 2.60. The number of rotatable bonds is 2. The topological polar surface area (TPSA) is 4.93 Å². The van der Waals surface area contributed by atoms with Crippen LogP contribution in [0.3, 0.4) is 0 Å². The van der Waals surface area contributed by atoms with Crippen molar-refractivity contribution >= 4 is 15.9 Å². The molecule has 0 fully saturated rings. The van der Waals surface area contributed by atoms with Gasteiger partial charge >= 0.3 is 0 Å². The van der Waals surface area contributed by atoms with Gasteiger partial charge in [0.05, 0.1) is 0 Å². The molecule has 0 amide bonds. The molecule has 10 heavy (non-hydrogen) atoms. The van der Waals surface area contributed by atoms with Crippen LogP contribution in [-0.4, -0.2) is 9.39 Å². The van der Waals surface area contributed by atoms with E-state index in [2.05, 4.69) is 52.8 Å². The van der Waals surface area contributed by atoms with Crippen molar-refractivity contribution < 1.29 is 0 Å². The molecule has 0 aliphatic carbocycles. The van der Waals surface area contributed by atoms with E-state index in [0.29, 0.717) is 4.83 Å². The Hall–Kier alpha value is -0.240. The van der Waals surface area contributed by atoms with Crippen molar-refractivity contribution in [2.24, 2.45) is 7.05 Å². The number of halogens is 1. The van der Waals surface area contributed by atoms with Crippen LogP contribution in [0.5, 0.6) is 0 Å². The zero-order valence-corrected chi connectivity index (χ0v) is 7.93. The van der Waals surface area contributed by atoms with Crippen LogP contribution >= 0.6 is 15.9 Å². The van der Waals surface area contributed by atoms with E-state index >= 15 is 0 Å². The summed E-state index contributed by atoms with van der Waals surface area (Å²) in [5.41, 5.74) is 1.38. The minimum absolute atomic E-state index is 0.570. The standard InChI is InChI=1S/C8H12BrN/c1-7(9)6-8-4-3-5-10(8)2/h3-5,7H,6H2,1-2H3. The molecular weight excluding hydrogens is 190 g/mol. The van der Waals surface area contributed by atoms with Gasteiger partial charge in [0.2, 0.25) is 0 Å². The van der Waals surface area contributed by atoms with Gasteiger partial charge in [-0.1, -0.05) is 22.9 Å². The third-order valence-electron chi connectivity index (χ3n) is 1.54. The number of aromatic nitrogens is 1. The predicted molar refractivity (Wildman–Crippen MR) is 47.5 cm³/mol. The smallest absolute Gasteiger partial charge is 0.0182 e. The second kappa shape index (κ2) is 3.24. The molecule has 0 N–H and O–H groups in total. The second-order valence-corrected chi connectivity index (χ2v) is 4.16. The van der Waals surface area contributed by atoms with E-state index in [1.54, 1.807) is 0 Å². The van der Waals surface area contributed by atoms with Crippen molar-refractivity contribution in [2.45, 2.75) is 18.2 Å². The van der Waals surface area contributed by atoms with E-state index in [0.717, 1.165) is 6.42 Å². The SMILES string of the molecule is CC(Br)Cc1cccn1C. The number of hydrogen-bond donors (Lipinski definition) is 0. The molecule has 1 aromatic rings. The molecule has 0 spiro atoms. The Labute approximate surface area is 70.2 Å². The molecule has 0 bridgehead atoms. The molecule has 0 aliphatic heterocycles. The minimum Gasteiger partial charge on any atom is -0.354 e. The van der Waals surface area contributed by atoms with Crippen LogP contribution in [0.4, 0.5) is 0 Å². The van der Waals surface area contributed by atoms with Crippen LogP contribution in [0.25, 0.3) is 0 Å². The molecule has 1 rings (SSSR count). The Morgan fingerprint density at radius 2 is 2.40 bits per heavy atom. The summed E-state index contributed by atoms with van der Waals surface area (Å²) in [6, 6.07) is 4.22. The van der Waals surface area contributed by atoms with Crippen LogP contribution in [0.15, 0.2) is 18.3 Å². The van der Waals surface area contributed by atoms with Crippen molar-refractivity contribution in [1.82, 2.24) is 4.57 Å². The lowest BCUT2D eigenvalue weighted by molar-refractivity contribution is 0.801. The molecule has 1 nitrogen and oxygen atoms in total. The van der Waals surface area contributed by atoms with Gasteiger partial charge < -0.3 is 4.57 Å². The fourth-order valence-electron chi connectivity index (χ4n) is 0.997. The summed E-state index contributed by atoms with van der Waals surface area (Å²) in [5.74, 6) is 0. The van der Waals surface area contributed by atoms with Gasteiger partial charge in [-0.2, -0.15) is 0 Å². The van der Waals surface area contributed by atoms with Crippen LogP contribution in [-0.2, 0) is 13.5 Å². The molecule has 1 unspecified atom stereocenters. The summed E-state index contributed by atoms with van der Waals surface area (Å²) >= 11 is 3.52. The van der Waals surface area contributed by atoms with Gasteiger partial charge in [-0.3, -0.25) is 0 Å². The maximum atomic E-state index is 3.52. The quantitative estimate of drug-likeness (QED) is 0.648. The number of nitrogens with zero attached hydrogens (tertiary/aromatic N) is 1. The molecule has 1 heterocycles. The Morgan fingerprint density at radius 1 is 1.70 bits per heavy atom. The molecule has 2 heteroatoms. The van der Waals surface area contributed by atoms with Gasteiger partial charge in [0, 0.05) is 23.8 Å². The average Bonchev–Trinajstić information content (AvgIpc) is 2.15. The molecule has 0 saturated carbocycles. The molecule has 0 aromatic carbocycles. The van der Waals surface area contributed by atoms with E-state index in [-0.39, 0.29) is 0 Å². The normalized spacial score (nSPS) is 13.5. The van der Waals surface area contributed by atoms with Gasteiger partial charge in [0.1, 0.15) is 0 Å². The van der Waals surface area contributed by atoms with Crippen molar-refractivity contribution in [3.8, 4) is 0 Å². The van der Waals surface area contributed by atoms with Gasteiger partial charge in [-0.25, -0.2) is 0 Å². The molecule has 56 valence electrons. The Morgan fingerprint density at radius 3 is 2.80 bits per heavy atom. The first-order chi connectivity index (χ1) is 4.70. The summed E-state index contributed by atoms with van der Waals surface area (Å²) in [5, 5.41) is 0. The summed E-state index contributed by atoms with van der Waals surface area (Å²) in [6.07, 6.45) is 3.17. The van der Waals surface area contributed by atoms with Crippen LogP contribution < -0.4 is 0 Å². The van der Waals surface area contributed by atoms with E-state index < -0.39 is 0 Å². The van der Waals surface area contributed by atoms with Crippen LogP contribution in [0, 0.1) is 0 Å². The van der Waals surface area contributed by atoms with Gasteiger partial charge in [0.15, 0.2) is 0 Å². The maximum absolute atomic E-state index is 3.52. The maximum Gasteiger partial charge on any atom is 0.0182 e. The van der Waals surface area contributed by atoms with Crippen LogP contribution in [0.2, 0.25) is 0 Å². The molecule has 0 saturated heterocycles. The monoisotopic (exact) mass is 201 g/mol. The Bertz CT molecular complexity index is 203. The first kappa shape index (κ1) is 7.86. The number of aryl methyl sites for hydroxylation is 1. The van der Waals surface area contributed by atoms with Crippen molar-refractivity contribution in [1.29, 1.82) is 0 Å². The van der Waals surface area contributed by atoms with E-state index in [4.69, 9.17) is 0 Å². The first-order valence-electron chi connectivity index (χ1n) is 3.44. The van der Waals surface area contributed by atoms with E-state index in [1.807, 2.05) is 0 Å². The highest BCUT2D eigenvalue weighted by atomic mass is 79.9. The zero-order chi connectivity index (χ0) is 7.56. The summed E-state index contributed by atoms with van der Waals surface area (Å²) in [6.45, 7) is 2.16. The predicted octanol–water partition coefficient (Wildman–Crippen LogP) is 2.35. The van der Waals surface area contributed by atoms with Crippen LogP contribution in [0.1, 0.15) is 12.6 Å². The van der Waals surface area contributed by atoms with Crippen molar-refractivity contribution in [3.63, 3.8) is 0 Å². The van der Waals surface area contributed by atoms with Gasteiger partial charge in [0.25, 0.3) is 0 Å². The molecule has 1 aromatic heterocycles. The minimum atomic E-state index is 0.570. The van der Waals surface area contributed by atoms with E-state index in [9.17, 15) is 0 Å². The highest BCUT2D eigenvalue weighted by molar-refractivity contribution is 9.09. The van der Waals surface area contributed by atoms with Gasteiger partial charge in [-0.15, -0.1) is 0 Å². The Balaban J connectivity index is 2.65. The lowest BCUT2D eigenvalue weighted by Crippen LogP contribution is -2.01. The first-order valence-corrected chi connectivity index (χ1v) is 4.36. The summed E-state index contributed by atoms with van der Waals surface area (Å²) in [7, 11) is 2.07. The third kappa shape index (κ3) is 1.87. The number of alkyl halides is 1. The number of hydrogen-bond acceptors (Lipinski definition) is 0.